The third kappa shape index (κ3) is 1.84. The summed E-state index contributed by atoms with van der Waals surface area (Å²) in [5.41, 5.74) is -1.19. The third-order valence-electron chi connectivity index (χ3n) is 4.44. The Balaban J connectivity index is 2.10. The Morgan fingerprint density at radius 1 is 1.56 bits per heavy atom. The second-order valence-electron chi connectivity index (χ2n) is 6.78. The van der Waals surface area contributed by atoms with Gasteiger partial charge in [-0.05, 0) is 39.5 Å². The van der Waals surface area contributed by atoms with Gasteiger partial charge in [0.25, 0.3) is 0 Å². The zero-order chi connectivity index (χ0) is 13.6. The second kappa shape index (κ2) is 3.85. The number of esters is 1. The summed E-state index contributed by atoms with van der Waals surface area (Å²) < 4.78 is 5.35. The minimum absolute atomic E-state index is 0.140. The molecule has 2 aliphatic rings. The van der Waals surface area contributed by atoms with Gasteiger partial charge in [-0.2, -0.15) is 5.26 Å². The Kier molecular flexibility index (Phi) is 2.81. The van der Waals surface area contributed by atoms with Gasteiger partial charge in [0.1, 0.15) is 5.60 Å². The first-order valence-corrected chi connectivity index (χ1v) is 6.53. The van der Waals surface area contributed by atoms with E-state index in [2.05, 4.69) is 25.1 Å². The summed E-state index contributed by atoms with van der Waals surface area (Å²) in [5.74, 6) is 0.267. The number of ether oxygens (including phenoxy) is 1. The molecule has 1 fully saturated rings. The van der Waals surface area contributed by atoms with Crippen LogP contribution in [0.15, 0.2) is 12.2 Å². The summed E-state index contributed by atoms with van der Waals surface area (Å²) in [4.78, 5) is 12.0. The average molecular weight is 247 g/mol. The fourth-order valence-electron chi connectivity index (χ4n) is 3.31. The summed E-state index contributed by atoms with van der Waals surface area (Å²) in [6.07, 6.45) is 6.31. The lowest BCUT2D eigenvalue weighted by atomic mass is 9.45. The van der Waals surface area contributed by atoms with E-state index in [1.54, 1.807) is 0 Å². The summed E-state index contributed by atoms with van der Waals surface area (Å²) in [7, 11) is 0. The number of carbonyl (C=O) groups is 1. The molecule has 0 bridgehead atoms. The van der Waals surface area contributed by atoms with E-state index in [1.807, 2.05) is 20.8 Å². The molecule has 0 radical (unpaired) electrons. The Morgan fingerprint density at radius 2 is 2.22 bits per heavy atom. The monoisotopic (exact) mass is 247 g/mol. The maximum atomic E-state index is 12.0. The van der Waals surface area contributed by atoms with E-state index >= 15 is 0 Å². The molecule has 2 rings (SSSR count). The van der Waals surface area contributed by atoms with Gasteiger partial charge in [0.2, 0.25) is 0 Å². The molecule has 0 unspecified atom stereocenters. The van der Waals surface area contributed by atoms with E-state index in [9.17, 15) is 10.1 Å². The predicted molar refractivity (Wildman–Crippen MR) is 68.5 cm³/mol. The standard InChI is InChI=1S/C15H21NO2/c1-13(2,3)18-12(17)9-15(10-16)8-11-6-5-7-14(11,15)4/h5,7,11H,6,8-9H2,1-4H3/t11-,14-,15+/m0/s1. The number of fused-ring (bicyclic) bond motifs is 1. The normalized spacial score (nSPS) is 37.6. The molecule has 0 saturated heterocycles. The van der Waals surface area contributed by atoms with Crippen molar-refractivity contribution in [1.82, 2.24) is 0 Å². The quantitative estimate of drug-likeness (QED) is 0.556. The van der Waals surface area contributed by atoms with Gasteiger partial charge in [-0.25, -0.2) is 0 Å². The maximum absolute atomic E-state index is 12.0. The van der Waals surface area contributed by atoms with Crippen LogP contribution in [-0.2, 0) is 9.53 Å². The summed E-state index contributed by atoms with van der Waals surface area (Å²) in [6.45, 7) is 7.65. The van der Waals surface area contributed by atoms with Crippen LogP contribution in [0.25, 0.3) is 0 Å². The zero-order valence-electron chi connectivity index (χ0n) is 11.6. The van der Waals surface area contributed by atoms with Crippen LogP contribution in [0.2, 0.25) is 0 Å². The molecule has 0 heterocycles. The molecule has 0 aromatic heterocycles. The predicted octanol–water partition coefficient (Wildman–Crippen LogP) is 3.21. The fraction of sp³-hybridized carbons (Fsp3) is 0.733. The molecule has 2 aliphatic carbocycles. The van der Waals surface area contributed by atoms with Crippen LogP contribution in [0.1, 0.15) is 47.0 Å². The zero-order valence-corrected chi connectivity index (χ0v) is 11.6. The number of hydrogen-bond donors (Lipinski definition) is 0. The van der Waals surface area contributed by atoms with Crippen LogP contribution < -0.4 is 0 Å². The lowest BCUT2D eigenvalue weighted by Gasteiger charge is -2.56. The van der Waals surface area contributed by atoms with Gasteiger partial charge in [0.05, 0.1) is 17.9 Å². The van der Waals surface area contributed by atoms with Crippen LogP contribution >= 0.6 is 0 Å². The van der Waals surface area contributed by atoms with Gasteiger partial charge in [-0.15, -0.1) is 0 Å². The van der Waals surface area contributed by atoms with Crippen LogP contribution in [0.3, 0.4) is 0 Å². The van der Waals surface area contributed by atoms with Crippen LogP contribution in [0.4, 0.5) is 0 Å². The first-order valence-electron chi connectivity index (χ1n) is 6.53. The molecule has 3 nitrogen and oxygen atoms in total. The highest BCUT2D eigenvalue weighted by atomic mass is 16.6. The first-order chi connectivity index (χ1) is 8.22. The van der Waals surface area contributed by atoms with Crippen molar-refractivity contribution in [3.63, 3.8) is 0 Å². The first kappa shape index (κ1) is 13.1. The highest BCUT2D eigenvalue weighted by molar-refractivity contribution is 5.72. The lowest BCUT2D eigenvalue weighted by molar-refractivity contribution is -0.163. The van der Waals surface area contributed by atoms with Crippen molar-refractivity contribution in [3.8, 4) is 6.07 Å². The molecule has 98 valence electrons. The number of carbonyl (C=O) groups excluding carboxylic acids is 1. The highest BCUT2D eigenvalue weighted by Crippen LogP contribution is 2.66. The van der Waals surface area contributed by atoms with Gasteiger partial charge in [0, 0.05) is 5.41 Å². The van der Waals surface area contributed by atoms with E-state index in [1.165, 1.54) is 0 Å². The molecule has 0 N–H and O–H groups in total. The van der Waals surface area contributed by atoms with Crippen molar-refractivity contribution >= 4 is 5.97 Å². The molecule has 0 aromatic carbocycles. The molecular weight excluding hydrogens is 226 g/mol. The molecule has 0 aromatic rings. The highest BCUT2D eigenvalue weighted by Gasteiger charge is 2.63. The molecule has 0 aliphatic heterocycles. The number of hydrogen-bond acceptors (Lipinski definition) is 3. The summed E-state index contributed by atoms with van der Waals surface area (Å²) in [5, 5.41) is 9.50. The average Bonchev–Trinajstić information content (AvgIpc) is 2.51. The summed E-state index contributed by atoms with van der Waals surface area (Å²) >= 11 is 0. The Morgan fingerprint density at radius 3 is 2.72 bits per heavy atom. The van der Waals surface area contributed by atoms with Gasteiger partial charge in [-0.3, -0.25) is 4.79 Å². The van der Waals surface area contributed by atoms with Gasteiger partial charge < -0.3 is 4.74 Å². The second-order valence-corrected chi connectivity index (χ2v) is 6.78. The minimum atomic E-state index is -0.562. The van der Waals surface area contributed by atoms with Crippen LogP contribution in [0, 0.1) is 28.1 Å². The molecule has 3 atom stereocenters. The van der Waals surface area contributed by atoms with E-state index in [4.69, 9.17) is 4.74 Å². The maximum Gasteiger partial charge on any atom is 0.307 e. The van der Waals surface area contributed by atoms with Crippen molar-refractivity contribution in [2.75, 3.05) is 0 Å². The van der Waals surface area contributed by atoms with Crippen molar-refractivity contribution < 1.29 is 9.53 Å². The lowest BCUT2D eigenvalue weighted by Crippen LogP contribution is -2.54. The fourth-order valence-corrected chi connectivity index (χ4v) is 3.31. The Hall–Kier alpha value is -1.30. The number of nitriles is 1. The Bertz CT molecular complexity index is 440. The van der Waals surface area contributed by atoms with E-state index in [-0.39, 0.29) is 17.8 Å². The van der Waals surface area contributed by atoms with E-state index in [0.717, 1.165) is 12.8 Å². The van der Waals surface area contributed by atoms with Gasteiger partial charge >= 0.3 is 5.97 Å². The molecular formula is C15H21NO2. The van der Waals surface area contributed by atoms with Gasteiger partial charge in [-0.1, -0.05) is 19.1 Å². The van der Waals surface area contributed by atoms with Crippen LogP contribution in [0.5, 0.6) is 0 Å². The van der Waals surface area contributed by atoms with Gasteiger partial charge in [0.15, 0.2) is 0 Å². The van der Waals surface area contributed by atoms with Crippen molar-refractivity contribution in [2.45, 2.75) is 52.6 Å². The number of allylic oxidation sites excluding steroid dienone is 2. The van der Waals surface area contributed by atoms with Crippen molar-refractivity contribution in [1.29, 1.82) is 5.26 Å². The van der Waals surface area contributed by atoms with Crippen molar-refractivity contribution in [3.05, 3.63) is 12.2 Å². The topological polar surface area (TPSA) is 50.1 Å². The van der Waals surface area contributed by atoms with E-state index < -0.39 is 11.0 Å². The minimum Gasteiger partial charge on any atom is -0.460 e. The van der Waals surface area contributed by atoms with Crippen molar-refractivity contribution in [2.24, 2.45) is 16.7 Å². The third-order valence-corrected chi connectivity index (χ3v) is 4.44. The summed E-state index contributed by atoms with van der Waals surface area (Å²) in [6, 6.07) is 2.39. The molecule has 3 heteroatoms. The molecule has 1 saturated carbocycles. The Labute approximate surface area is 109 Å². The molecule has 0 spiro atoms. The van der Waals surface area contributed by atoms with E-state index in [0.29, 0.717) is 5.92 Å². The SMILES string of the molecule is CC(C)(C)OC(=O)C[C@@]1(C#N)C[C@@H]2CC=C[C@@]21C. The smallest absolute Gasteiger partial charge is 0.307 e. The molecule has 0 amide bonds. The van der Waals surface area contributed by atoms with Crippen LogP contribution in [-0.4, -0.2) is 11.6 Å². The number of nitrogens with zero attached hydrogens (tertiary/aromatic N) is 1. The number of rotatable bonds is 2. The largest absolute Gasteiger partial charge is 0.460 e. The molecule has 18 heavy (non-hydrogen) atoms.